The molecule has 0 radical (unpaired) electrons. The molecule has 0 bridgehead atoms. The van der Waals surface area contributed by atoms with Crippen molar-refractivity contribution in [3.05, 3.63) is 60.2 Å². The first-order chi connectivity index (χ1) is 10.8. The second-order valence-corrected chi connectivity index (χ2v) is 6.73. The molecule has 0 unspecified atom stereocenters. The molecule has 0 aromatic heterocycles. The molecule has 0 heterocycles. The number of benzene rings is 2. The van der Waals surface area contributed by atoms with Gasteiger partial charge in [0.05, 0.1) is 0 Å². The molecule has 0 amide bonds. The Hall–Kier alpha value is -1.76. The van der Waals surface area contributed by atoms with Crippen molar-refractivity contribution in [3.63, 3.8) is 0 Å². The highest BCUT2D eigenvalue weighted by Gasteiger charge is 2.17. The van der Waals surface area contributed by atoms with E-state index < -0.39 is 0 Å². The molecule has 0 spiro atoms. The van der Waals surface area contributed by atoms with E-state index in [0.717, 1.165) is 23.3 Å². The first-order valence-electron chi connectivity index (χ1n) is 8.61. The smallest absolute Gasteiger partial charge is 0.127 e. The molecule has 1 saturated carbocycles. The fourth-order valence-corrected chi connectivity index (χ4v) is 3.38. The minimum atomic E-state index is 0.904. The van der Waals surface area contributed by atoms with Gasteiger partial charge in [0.25, 0.3) is 0 Å². The molecule has 1 fully saturated rings. The van der Waals surface area contributed by atoms with Crippen molar-refractivity contribution in [1.82, 2.24) is 0 Å². The zero-order chi connectivity index (χ0) is 15.2. The van der Waals surface area contributed by atoms with Crippen LogP contribution in [0.2, 0.25) is 0 Å². The Balaban J connectivity index is 1.55. The number of aryl methyl sites for hydroxylation is 1. The molecule has 0 saturated heterocycles. The number of hydrogen-bond donors (Lipinski definition) is 0. The maximum Gasteiger partial charge on any atom is 0.127 e. The van der Waals surface area contributed by atoms with Gasteiger partial charge in [-0.1, -0.05) is 62.9 Å². The van der Waals surface area contributed by atoms with Crippen LogP contribution in [0, 0.1) is 11.8 Å². The monoisotopic (exact) mass is 294 g/mol. The van der Waals surface area contributed by atoms with Gasteiger partial charge in [-0.25, -0.2) is 0 Å². The maximum absolute atomic E-state index is 5.92. The fraction of sp³-hybridized carbons (Fsp3) is 0.429. The largest absolute Gasteiger partial charge is 0.457 e. The third-order valence-electron chi connectivity index (χ3n) is 4.85. The van der Waals surface area contributed by atoms with E-state index in [1.54, 1.807) is 0 Å². The number of hydrogen-bond acceptors (Lipinski definition) is 1. The molecule has 3 rings (SSSR count). The molecule has 2 aromatic rings. The van der Waals surface area contributed by atoms with E-state index >= 15 is 0 Å². The molecule has 1 nitrogen and oxygen atoms in total. The second kappa shape index (κ2) is 7.49. The van der Waals surface area contributed by atoms with Crippen molar-refractivity contribution < 1.29 is 4.74 Å². The summed E-state index contributed by atoms with van der Waals surface area (Å²) >= 11 is 0. The first-order valence-corrected chi connectivity index (χ1v) is 8.61. The van der Waals surface area contributed by atoms with E-state index in [1.807, 2.05) is 36.4 Å². The van der Waals surface area contributed by atoms with Gasteiger partial charge < -0.3 is 4.74 Å². The van der Waals surface area contributed by atoms with Crippen LogP contribution in [0.3, 0.4) is 0 Å². The van der Waals surface area contributed by atoms with Crippen molar-refractivity contribution in [3.8, 4) is 11.5 Å². The van der Waals surface area contributed by atoms with E-state index in [9.17, 15) is 0 Å². The van der Waals surface area contributed by atoms with Crippen molar-refractivity contribution in [2.45, 2.75) is 45.4 Å². The first kappa shape index (κ1) is 15.1. The van der Waals surface area contributed by atoms with Gasteiger partial charge in [-0.2, -0.15) is 0 Å². The zero-order valence-corrected chi connectivity index (χ0v) is 13.5. The Bertz CT molecular complexity index is 567. The van der Waals surface area contributed by atoms with Gasteiger partial charge in [-0.05, 0) is 54.5 Å². The van der Waals surface area contributed by atoms with Crippen LogP contribution in [-0.4, -0.2) is 0 Å². The van der Waals surface area contributed by atoms with Gasteiger partial charge in [-0.15, -0.1) is 0 Å². The highest BCUT2D eigenvalue weighted by atomic mass is 16.5. The van der Waals surface area contributed by atoms with Gasteiger partial charge in [0.1, 0.15) is 11.5 Å². The molecule has 22 heavy (non-hydrogen) atoms. The van der Waals surface area contributed by atoms with Gasteiger partial charge in [0, 0.05) is 0 Å². The molecule has 1 aliphatic rings. The Morgan fingerprint density at radius 3 is 2.36 bits per heavy atom. The lowest BCUT2D eigenvalue weighted by molar-refractivity contribution is 0.277. The topological polar surface area (TPSA) is 9.23 Å². The summed E-state index contributed by atoms with van der Waals surface area (Å²) in [5.41, 5.74) is 1.40. The minimum Gasteiger partial charge on any atom is -0.457 e. The van der Waals surface area contributed by atoms with Crippen LogP contribution in [-0.2, 0) is 6.42 Å². The number of ether oxygens (including phenoxy) is 1. The highest BCUT2D eigenvalue weighted by Crippen LogP contribution is 2.31. The van der Waals surface area contributed by atoms with Crippen LogP contribution in [0.5, 0.6) is 11.5 Å². The van der Waals surface area contributed by atoms with Crippen LogP contribution in [0.1, 0.15) is 44.6 Å². The lowest BCUT2D eigenvalue weighted by Gasteiger charge is -2.26. The summed E-state index contributed by atoms with van der Waals surface area (Å²) in [5, 5.41) is 0. The molecular formula is C21H26O. The lowest BCUT2D eigenvalue weighted by atomic mass is 9.80. The van der Waals surface area contributed by atoms with Crippen LogP contribution < -0.4 is 4.74 Å². The molecular weight excluding hydrogens is 268 g/mol. The SMILES string of the molecule is CC1CCC(CCc2cccc(Oc3ccccc3)c2)CC1. The van der Waals surface area contributed by atoms with E-state index in [-0.39, 0.29) is 0 Å². The van der Waals surface area contributed by atoms with Crippen molar-refractivity contribution in [1.29, 1.82) is 0 Å². The second-order valence-electron chi connectivity index (χ2n) is 6.73. The average molecular weight is 294 g/mol. The molecule has 1 heteroatoms. The highest BCUT2D eigenvalue weighted by molar-refractivity contribution is 5.33. The van der Waals surface area contributed by atoms with Crippen molar-refractivity contribution in [2.75, 3.05) is 0 Å². The van der Waals surface area contributed by atoms with E-state index in [2.05, 4.69) is 25.1 Å². The molecule has 116 valence electrons. The van der Waals surface area contributed by atoms with E-state index in [0.29, 0.717) is 0 Å². The number of para-hydroxylation sites is 1. The van der Waals surface area contributed by atoms with Crippen molar-refractivity contribution in [2.24, 2.45) is 11.8 Å². The Labute approximate surface area is 134 Å². The molecule has 0 aliphatic heterocycles. The standard InChI is InChI=1S/C21H26O/c1-17-10-12-18(13-11-17)14-15-19-6-5-9-21(16-19)22-20-7-3-2-4-8-20/h2-9,16-18H,10-15H2,1H3. The summed E-state index contributed by atoms with van der Waals surface area (Å²) < 4.78 is 5.92. The molecule has 1 aliphatic carbocycles. The molecule has 2 aromatic carbocycles. The maximum atomic E-state index is 5.92. The van der Waals surface area contributed by atoms with E-state index in [1.165, 1.54) is 44.1 Å². The van der Waals surface area contributed by atoms with Crippen LogP contribution >= 0.6 is 0 Å². The predicted octanol–water partition coefficient (Wildman–Crippen LogP) is 6.24. The summed E-state index contributed by atoms with van der Waals surface area (Å²) in [6, 6.07) is 18.6. The molecule has 0 atom stereocenters. The van der Waals surface area contributed by atoms with Gasteiger partial charge in [0.15, 0.2) is 0 Å². The normalized spacial score (nSPS) is 21.5. The summed E-state index contributed by atoms with van der Waals surface area (Å²) in [4.78, 5) is 0. The van der Waals surface area contributed by atoms with Crippen molar-refractivity contribution >= 4 is 0 Å². The predicted molar refractivity (Wildman–Crippen MR) is 92.4 cm³/mol. The summed E-state index contributed by atoms with van der Waals surface area (Å²) in [6.45, 7) is 2.39. The van der Waals surface area contributed by atoms with Crippen LogP contribution in [0.15, 0.2) is 54.6 Å². The molecule has 0 N–H and O–H groups in total. The van der Waals surface area contributed by atoms with Gasteiger partial charge >= 0.3 is 0 Å². The zero-order valence-electron chi connectivity index (χ0n) is 13.5. The Morgan fingerprint density at radius 2 is 1.59 bits per heavy atom. The fourth-order valence-electron chi connectivity index (χ4n) is 3.38. The Morgan fingerprint density at radius 1 is 0.864 bits per heavy atom. The van der Waals surface area contributed by atoms with Gasteiger partial charge in [0.2, 0.25) is 0 Å². The lowest BCUT2D eigenvalue weighted by Crippen LogP contribution is -2.12. The quantitative estimate of drug-likeness (QED) is 0.634. The third-order valence-corrected chi connectivity index (χ3v) is 4.85. The summed E-state index contributed by atoms with van der Waals surface area (Å²) in [6.07, 6.45) is 8.17. The minimum absolute atomic E-state index is 0.904. The summed E-state index contributed by atoms with van der Waals surface area (Å²) in [5.74, 6) is 3.72. The average Bonchev–Trinajstić information content (AvgIpc) is 2.56. The van der Waals surface area contributed by atoms with E-state index in [4.69, 9.17) is 4.74 Å². The summed E-state index contributed by atoms with van der Waals surface area (Å²) in [7, 11) is 0. The van der Waals surface area contributed by atoms with Gasteiger partial charge in [-0.3, -0.25) is 0 Å². The third kappa shape index (κ3) is 4.37. The Kier molecular flexibility index (Phi) is 5.15. The van der Waals surface area contributed by atoms with Crippen LogP contribution in [0.25, 0.3) is 0 Å². The van der Waals surface area contributed by atoms with Crippen LogP contribution in [0.4, 0.5) is 0 Å². The number of rotatable bonds is 5.